The van der Waals surface area contributed by atoms with Crippen LogP contribution in [-0.4, -0.2) is 11.8 Å². The molecule has 1 aromatic carbocycles. The Bertz CT molecular complexity index is 400. The molecular weight excluding hydrogens is 200 g/mol. The van der Waals surface area contributed by atoms with Crippen LogP contribution in [0.1, 0.15) is 23.2 Å². The lowest BCUT2D eigenvalue weighted by molar-refractivity contribution is 0.0828. The monoisotopic (exact) mass is 211 g/mol. The lowest BCUT2D eigenvalue weighted by atomic mass is 9.76. The number of hydrogen-bond donors (Lipinski definition) is 1. The molecule has 80 valence electrons. The summed E-state index contributed by atoms with van der Waals surface area (Å²) < 4.78 is 25.8. The van der Waals surface area contributed by atoms with E-state index in [9.17, 15) is 13.6 Å². The molecule has 1 aromatic rings. The van der Waals surface area contributed by atoms with Gasteiger partial charge in [0.25, 0.3) is 0 Å². The molecule has 0 spiro atoms. The van der Waals surface area contributed by atoms with Crippen LogP contribution in [0.4, 0.5) is 8.78 Å². The van der Waals surface area contributed by atoms with E-state index >= 15 is 0 Å². The first-order chi connectivity index (χ1) is 7.08. The average molecular weight is 211 g/mol. The van der Waals surface area contributed by atoms with Crippen LogP contribution >= 0.6 is 0 Å². The Morgan fingerprint density at radius 3 is 2.53 bits per heavy atom. The maximum atomic E-state index is 13.2. The number of nitrogens with two attached hydrogens (primary N) is 1. The van der Waals surface area contributed by atoms with Crippen molar-refractivity contribution in [2.45, 2.75) is 18.9 Å². The number of carbonyl (C=O) groups excluding carboxylic acids is 1. The highest BCUT2D eigenvalue weighted by Crippen LogP contribution is 2.29. The first-order valence-corrected chi connectivity index (χ1v) is 4.83. The van der Waals surface area contributed by atoms with Gasteiger partial charge in [0.1, 0.15) is 11.6 Å². The summed E-state index contributed by atoms with van der Waals surface area (Å²) in [6.45, 7) is 0. The van der Waals surface area contributed by atoms with E-state index in [1.54, 1.807) is 0 Å². The van der Waals surface area contributed by atoms with Crippen LogP contribution in [-0.2, 0) is 0 Å². The van der Waals surface area contributed by atoms with Crippen molar-refractivity contribution >= 4 is 5.78 Å². The van der Waals surface area contributed by atoms with E-state index in [0.29, 0.717) is 12.8 Å². The van der Waals surface area contributed by atoms with Gasteiger partial charge < -0.3 is 5.73 Å². The van der Waals surface area contributed by atoms with E-state index in [-0.39, 0.29) is 23.3 Å². The number of rotatable bonds is 2. The standard InChI is InChI=1S/C11H11F2NO/c12-7-1-2-9(10(13)5-7)11(15)6-3-8(14)4-6/h1-2,5-6,8H,3-4,14H2. The van der Waals surface area contributed by atoms with Gasteiger partial charge in [-0.05, 0) is 25.0 Å². The first kappa shape index (κ1) is 10.2. The van der Waals surface area contributed by atoms with Gasteiger partial charge in [-0.15, -0.1) is 0 Å². The summed E-state index contributed by atoms with van der Waals surface area (Å²) in [5, 5.41) is 0. The smallest absolute Gasteiger partial charge is 0.169 e. The molecule has 2 N–H and O–H groups in total. The fourth-order valence-corrected chi connectivity index (χ4v) is 1.79. The van der Waals surface area contributed by atoms with Crippen molar-refractivity contribution in [1.29, 1.82) is 0 Å². The fourth-order valence-electron chi connectivity index (χ4n) is 1.79. The predicted octanol–water partition coefficient (Wildman–Crippen LogP) is 1.88. The van der Waals surface area contributed by atoms with Gasteiger partial charge in [0.15, 0.2) is 5.78 Å². The molecule has 0 saturated heterocycles. The number of benzene rings is 1. The van der Waals surface area contributed by atoms with Crippen molar-refractivity contribution in [1.82, 2.24) is 0 Å². The second-order valence-electron chi connectivity index (χ2n) is 3.92. The Morgan fingerprint density at radius 1 is 1.33 bits per heavy atom. The second-order valence-corrected chi connectivity index (χ2v) is 3.92. The largest absolute Gasteiger partial charge is 0.328 e. The Balaban J connectivity index is 2.19. The number of carbonyl (C=O) groups is 1. The zero-order chi connectivity index (χ0) is 11.0. The highest BCUT2D eigenvalue weighted by atomic mass is 19.1. The molecule has 4 heteroatoms. The molecule has 0 bridgehead atoms. The summed E-state index contributed by atoms with van der Waals surface area (Å²) in [5.74, 6) is -1.93. The van der Waals surface area contributed by atoms with Crippen LogP contribution in [0.25, 0.3) is 0 Å². The van der Waals surface area contributed by atoms with E-state index in [1.807, 2.05) is 0 Å². The summed E-state index contributed by atoms with van der Waals surface area (Å²) >= 11 is 0. The molecule has 0 atom stereocenters. The summed E-state index contributed by atoms with van der Waals surface area (Å²) in [6.07, 6.45) is 1.19. The van der Waals surface area contributed by atoms with E-state index in [2.05, 4.69) is 0 Å². The molecular formula is C11H11F2NO. The topological polar surface area (TPSA) is 43.1 Å². The van der Waals surface area contributed by atoms with Crippen molar-refractivity contribution in [3.63, 3.8) is 0 Å². The summed E-state index contributed by atoms with van der Waals surface area (Å²) in [4.78, 5) is 11.7. The molecule has 0 aromatic heterocycles. The van der Waals surface area contributed by atoms with Crippen molar-refractivity contribution in [2.24, 2.45) is 11.7 Å². The van der Waals surface area contributed by atoms with Crippen LogP contribution in [0.3, 0.4) is 0 Å². The van der Waals surface area contributed by atoms with Gasteiger partial charge in [0, 0.05) is 18.0 Å². The summed E-state index contributed by atoms with van der Waals surface area (Å²) in [7, 11) is 0. The zero-order valence-electron chi connectivity index (χ0n) is 8.04. The third-order valence-electron chi connectivity index (χ3n) is 2.74. The third kappa shape index (κ3) is 1.90. The maximum absolute atomic E-state index is 13.2. The van der Waals surface area contributed by atoms with Crippen LogP contribution < -0.4 is 5.73 Å². The van der Waals surface area contributed by atoms with Crippen molar-refractivity contribution in [3.05, 3.63) is 35.4 Å². The predicted molar refractivity (Wildman–Crippen MR) is 51.4 cm³/mol. The molecule has 0 unspecified atom stereocenters. The third-order valence-corrected chi connectivity index (χ3v) is 2.74. The quantitative estimate of drug-likeness (QED) is 0.759. The lowest BCUT2D eigenvalue weighted by Crippen LogP contribution is -2.40. The molecule has 2 nitrogen and oxygen atoms in total. The normalized spacial score (nSPS) is 24.7. The summed E-state index contributed by atoms with van der Waals surface area (Å²) in [5.41, 5.74) is 5.51. The number of hydrogen-bond acceptors (Lipinski definition) is 2. The van der Waals surface area contributed by atoms with Gasteiger partial charge in [-0.2, -0.15) is 0 Å². The van der Waals surface area contributed by atoms with E-state index in [1.165, 1.54) is 6.07 Å². The molecule has 2 rings (SSSR count). The van der Waals surface area contributed by atoms with Crippen LogP contribution in [0, 0.1) is 17.6 Å². The molecule has 15 heavy (non-hydrogen) atoms. The Morgan fingerprint density at radius 2 is 2.00 bits per heavy atom. The van der Waals surface area contributed by atoms with E-state index in [4.69, 9.17) is 5.73 Å². The van der Waals surface area contributed by atoms with Crippen molar-refractivity contribution in [2.75, 3.05) is 0 Å². The van der Waals surface area contributed by atoms with Crippen molar-refractivity contribution < 1.29 is 13.6 Å². The van der Waals surface area contributed by atoms with Crippen LogP contribution in [0.2, 0.25) is 0 Å². The molecule has 0 aliphatic heterocycles. The lowest BCUT2D eigenvalue weighted by Gasteiger charge is -2.31. The first-order valence-electron chi connectivity index (χ1n) is 4.83. The fraction of sp³-hybridized carbons (Fsp3) is 0.364. The Hall–Kier alpha value is -1.29. The van der Waals surface area contributed by atoms with E-state index < -0.39 is 11.6 Å². The van der Waals surface area contributed by atoms with Gasteiger partial charge in [-0.25, -0.2) is 8.78 Å². The average Bonchev–Trinajstić information content (AvgIpc) is 2.12. The molecule has 0 heterocycles. The summed E-state index contributed by atoms with van der Waals surface area (Å²) in [6, 6.07) is 3.06. The molecule has 1 fully saturated rings. The van der Waals surface area contributed by atoms with E-state index in [0.717, 1.165) is 12.1 Å². The van der Waals surface area contributed by atoms with Crippen molar-refractivity contribution in [3.8, 4) is 0 Å². The van der Waals surface area contributed by atoms with Crippen LogP contribution in [0.15, 0.2) is 18.2 Å². The number of halogens is 2. The highest BCUT2D eigenvalue weighted by Gasteiger charge is 2.33. The van der Waals surface area contributed by atoms with Gasteiger partial charge in [-0.3, -0.25) is 4.79 Å². The molecule has 0 radical (unpaired) electrons. The highest BCUT2D eigenvalue weighted by molar-refractivity contribution is 5.98. The maximum Gasteiger partial charge on any atom is 0.169 e. The van der Waals surface area contributed by atoms with Gasteiger partial charge in [-0.1, -0.05) is 0 Å². The second kappa shape index (κ2) is 3.70. The van der Waals surface area contributed by atoms with Gasteiger partial charge in [0.05, 0.1) is 5.56 Å². The molecule has 0 amide bonds. The van der Waals surface area contributed by atoms with Gasteiger partial charge >= 0.3 is 0 Å². The van der Waals surface area contributed by atoms with Crippen LogP contribution in [0.5, 0.6) is 0 Å². The SMILES string of the molecule is NC1CC(C(=O)c2ccc(F)cc2F)C1. The minimum absolute atomic E-state index is 0.0340. The number of Topliss-reactive ketones (excluding diaryl/α,β-unsaturated/α-hetero) is 1. The molecule has 1 aliphatic rings. The minimum Gasteiger partial charge on any atom is -0.328 e. The Kier molecular flexibility index (Phi) is 2.52. The minimum atomic E-state index is -0.791. The van der Waals surface area contributed by atoms with Gasteiger partial charge in [0.2, 0.25) is 0 Å². The molecule has 1 aliphatic carbocycles. The number of ketones is 1. The Labute approximate surface area is 86.1 Å². The zero-order valence-corrected chi connectivity index (χ0v) is 8.04. The molecule has 1 saturated carbocycles.